The van der Waals surface area contributed by atoms with E-state index >= 15 is 0 Å². The Labute approximate surface area is 79.4 Å². The highest BCUT2D eigenvalue weighted by Crippen LogP contribution is 2.17. The molecule has 0 atom stereocenters. The van der Waals surface area contributed by atoms with Crippen LogP contribution in [0.25, 0.3) is 0 Å². The van der Waals surface area contributed by atoms with Crippen LogP contribution in [-0.2, 0) is 12.0 Å². The van der Waals surface area contributed by atoms with Crippen molar-refractivity contribution in [2.75, 3.05) is 6.61 Å². The van der Waals surface area contributed by atoms with Crippen molar-refractivity contribution >= 4 is 0 Å². The molecule has 2 nitrogen and oxygen atoms in total. The standard InChI is InChI=1S/C11H17NO/c1-11(2,12)10-5-3-4-9(8-10)6-7-13/h3-5,8,13H,6-7,12H2,1-2H3. The Bertz CT molecular complexity index is 276. The van der Waals surface area contributed by atoms with E-state index in [4.69, 9.17) is 10.8 Å². The fraction of sp³-hybridized carbons (Fsp3) is 0.455. The molecular formula is C11H17NO. The van der Waals surface area contributed by atoms with Gasteiger partial charge in [-0.1, -0.05) is 24.3 Å². The molecular weight excluding hydrogens is 162 g/mol. The molecule has 0 bridgehead atoms. The summed E-state index contributed by atoms with van der Waals surface area (Å²) in [6.45, 7) is 4.14. The lowest BCUT2D eigenvalue weighted by molar-refractivity contribution is 0.299. The smallest absolute Gasteiger partial charge is 0.0471 e. The molecule has 0 aliphatic rings. The van der Waals surface area contributed by atoms with Crippen molar-refractivity contribution in [3.05, 3.63) is 35.4 Å². The second-order valence-corrected chi connectivity index (χ2v) is 3.90. The molecule has 1 aromatic carbocycles. The molecule has 0 spiro atoms. The third-order valence-corrected chi connectivity index (χ3v) is 2.07. The molecule has 1 aromatic rings. The van der Waals surface area contributed by atoms with Gasteiger partial charge in [-0.2, -0.15) is 0 Å². The molecule has 0 aromatic heterocycles. The lowest BCUT2D eigenvalue weighted by atomic mass is 9.93. The highest BCUT2D eigenvalue weighted by Gasteiger charge is 2.13. The van der Waals surface area contributed by atoms with Crippen LogP contribution in [0.5, 0.6) is 0 Å². The zero-order valence-electron chi connectivity index (χ0n) is 8.25. The first-order chi connectivity index (χ1) is 6.04. The minimum atomic E-state index is -0.300. The van der Waals surface area contributed by atoms with Gasteiger partial charge in [-0.25, -0.2) is 0 Å². The molecule has 3 N–H and O–H groups in total. The van der Waals surface area contributed by atoms with Crippen LogP contribution >= 0.6 is 0 Å². The van der Waals surface area contributed by atoms with Crippen molar-refractivity contribution in [3.63, 3.8) is 0 Å². The van der Waals surface area contributed by atoms with E-state index in [0.717, 1.165) is 11.1 Å². The van der Waals surface area contributed by atoms with E-state index in [1.807, 2.05) is 32.0 Å². The average Bonchev–Trinajstić information content (AvgIpc) is 2.04. The molecule has 1 rings (SSSR count). The van der Waals surface area contributed by atoms with Gasteiger partial charge in [0.25, 0.3) is 0 Å². The SMILES string of the molecule is CC(C)(N)c1cccc(CCO)c1. The fourth-order valence-electron chi connectivity index (χ4n) is 1.26. The summed E-state index contributed by atoms with van der Waals surface area (Å²) in [6.07, 6.45) is 0.698. The van der Waals surface area contributed by atoms with E-state index in [-0.39, 0.29) is 12.1 Å². The van der Waals surface area contributed by atoms with Crippen molar-refractivity contribution < 1.29 is 5.11 Å². The fourth-order valence-corrected chi connectivity index (χ4v) is 1.26. The summed E-state index contributed by atoms with van der Waals surface area (Å²) in [6, 6.07) is 8.05. The predicted molar refractivity (Wildman–Crippen MR) is 54.4 cm³/mol. The first-order valence-electron chi connectivity index (χ1n) is 4.53. The number of hydrogen-bond acceptors (Lipinski definition) is 2. The molecule has 0 aliphatic heterocycles. The van der Waals surface area contributed by atoms with Crippen molar-refractivity contribution in [2.45, 2.75) is 25.8 Å². The minimum Gasteiger partial charge on any atom is -0.396 e. The molecule has 0 radical (unpaired) electrons. The Hall–Kier alpha value is -0.860. The van der Waals surface area contributed by atoms with Gasteiger partial charge in [-0.3, -0.25) is 0 Å². The van der Waals surface area contributed by atoms with Crippen LogP contribution in [0.15, 0.2) is 24.3 Å². The zero-order chi connectivity index (χ0) is 9.90. The molecule has 0 saturated carbocycles. The van der Waals surface area contributed by atoms with E-state index in [1.54, 1.807) is 0 Å². The lowest BCUT2D eigenvalue weighted by Crippen LogP contribution is -2.28. The van der Waals surface area contributed by atoms with Crippen LogP contribution in [0, 0.1) is 0 Å². The number of rotatable bonds is 3. The maximum absolute atomic E-state index is 8.78. The summed E-state index contributed by atoms with van der Waals surface area (Å²) >= 11 is 0. The third kappa shape index (κ3) is 2.83. The molecule has 0 heterocycles. The maximum Gasteiger partial charge on any atom is 0.0471 e. The lowest BCUT2D eigenvalue weighted by Gasteiger charge is -2.19. The molecule has 0 fully saturated rings. The Morgan fingerprint density at radius 1 is 1.38 bits per heavy atom. The van der Waals surface area contributed by atoms with Gasteiger partial charge in [0, 0.05) is 12.1 Å². The molecule has 0 aliphatic carbocycles. The van der Waals surface area contributed by atoms with Crippen LogP contribution in [0.4, 0.5) is 0 Å². The monoisotopic (exact) mass is 179 g/mol. The van der Waals surface area contributed by atoms with Gasteiger partial charge in [-0.05, 0) is 31.4 Å². The van der Waals surface area contributed by atoms with Crippen LogP contribution in [0.1, 0.15) is 25.0 Å². The molecule has 13 heavy (non-hydrogen) atoms. The van der Waals surface area contributed by atoms with Gasteiger partial charge >= 0.3 is 0 Å². The summed E-state index contributed by atoms with van der Waals surface area (Å²) in [7, 11) is 0. The Kier molecular flexibility index (Phi) is 3.07. The zero-order valence-corrected chi connectivity index (χ0v) is 8.25. The van der Waals surface area contributed by atoms with Gasteiger partial charge in [0.05, 0.1) is 0 Å². The number of benzene rings is 1. The topological polar surface area (TPSA) is 46.2 Å². The summed E-state index contributed by atoms with van der Waals surface area (Å²) in [5.41, 5.74) is 7.91. The van der Waals surface area contributed by atoms with Gasteiger partial charge in [0.2, 0.25) is 0 Å². The van der Waals surface area contributed by atoms with Crippen LogP contribution in [0.3, 0.4) is 0 Å². The summed E-state index contributed by atoms with van der Waals surface area (Å²) in [4.78, 5) is 0. The van der Waals surface area contributed by atoms with Gasteiger partial charge in [-0.15, -0.1) is 0 Å². The summed E-state index contributed by atoms with van der Waals surface area (Å²) < 4.78 is 0. The summed E-state index contributed by atoms with van der Waals surface area (Å²) in [5, 5.41) is 8.78. The van der Waals surface area contributed by atoms with Gasteiger partial charge in [0.1, 0.15) is 0 Å². The largest absolute Gasteiger partial charge is 0.396 e. The van der Waals surface area contributed by atoms with Gasteiger partial charge in [0.15, 0.2) is 0 Å². The molecule has 72 valence electrons. The first-order valence-corrected chi connectivity index (χ1v) is 4.53. The molecule has 0 unspecified atom stereocenters. The van der Waals surface area contributed by atoms with Crippen LogP contribution in [-0.4, -0.2) is 11.7 Å². The third-order valence-electron chi connectivity index (χ3n) is 2.07. The van der Waals surface area contributed by atoms with Gasteiger partial charge < -0.3 is 10.8 Å². The molecule has 2 heteroatoms. The van der Waals surface area contributed by atoms with E-state index in [2.05, 4.69) is 6.07 Å². The van der Waals surface area contributed by atoms with Crippen LogP contribution in [0.2, 0.25) is 0 Å². The highest BCUT2D eigenvalue weighted by atomic mass is 16.2. The van der Waals surface area contributed by atoms with Crippen molar-refractivity contribution in [1.82, 2.24) is 0 Å². The number of aliphatic hydroxyl groups excluding tert-OH is 1. The number of aliphatic hydroxyl groups is 1. The first kappa shape index (κ1) is 10.2. The van der Waals surface area contributed by atoms with E-state index < -0.39 is 0 Å². The number of nitrogens with two attached hydrogens (primary N) is 1. The Morgan fingerprint density at radius 2 is 2.08 bits per heavy atom. The van der Waals surface area contributed by atoms with Crippen molar-refractivity contribution in [3.8, 4) is 0 Å². The van der Waals surface area contributed by atoms with Crippen molar-refractivity contribution in [1.29, 1.82) is 0 Å². The van der Waals surface area contributed by atoms with Crippen molar-refractivity contribution in [2.24, 2.45) is 5.73 Å². The maximum atomic E-state index is 8.78. The second kappa shape index (κ2) is 3.90. The number of hydrogen-bond donors (Lipinski definition) is 2. The van der Waals surface area contributed by atoms with E-state index in [1.165, 1.54) is 0 Å². The summed E-state index contributed by atoms with van der Waals surface area (Å²) in [5.74, 6) is 0. The Morgan fingerprint density at radius 3 is 2.62 bits per heavy atom. The van der Waals surface area contributed by atoms with E-state index in [0.29, 0.717) is 6.42 Å². The predicted octanol–water partition coefficient (Wildman–Crippen LogP) is 1.42. The average molecular weight is 179 g/mol. The second-order valence-electron chi connectivity index (χ2n) is 3.90. The quantitative estimate of drug-likeness (QED) is 0.737. The van der Waals surface area contributed by atoms with E-state index in [9.17, 15) is 0 Å². The highest BCUT2D eigenvalue weighted by molar-refractivity contribution is 5.28. The molecule has 0 saturated heterocycles. The normalized spacial score (nSPS) is 11.7. The minimum absolute atomic E-state index is 0.189. The Balaban J connectivity index is 2.92. The van der Waals surface area contributed by atoms with Crippen LogP contribution < -0.4 is 5.73 Å². The molecule has 0 amide bonds.